The van der Waals surface area contributed by atoms with E-state index in [4.69, 9.17) is 27.9 Å². The molecule has 0 aliphatic heterocycles. The highest BCUT2D eigenvalue weighted by molar-refractivity contribution is 7.90. The van der Waals surface area contributed by atoms with Gasteiger partial charge in [0.1, 0.15) is 0 Å². The summed E-state index contributed by atoms with van der Waals surface area (Å²) in [6.45, 7) is -0.611. The van der Waals surface area contributed by atoms with E-state index in [1.54, 1.807) is 12.1 Å². The minimum atomic E-state index is -3.61. The van der Waals surface area contributed by atoms with Crippen molar-refractivity contribution in [3.63, 3.8) is 0 Å². The van der Waals surface area contributed by atoms with Crippen molar-refractivity contribution in [2.45, 2.75) is 4.90 Å². The molecule has 0 aromatic heterocycles. The van der Waals surface area contributed by atoms with E-state index >= 15 is 0 Å². The van der Waals surface area contributed by atoms with Crippen LogP contribution in [0.15, 0.2) is 47.4 Å². The molecule has 0 spiro atoms. The molecule has 0 atom stereocenters. The van der Waals surface area contributed by atoms with Gasteiger partial charge in [0.05, 0.1) is 26.2 Å². The third-order valence-electron chi connectivity index (χ3n) is 3.07. The predicted octanol–water partition coefficient (Wildman–Crippen LogP) is 3.19. The van der Waals surface area contributed by atoms with Gasteiger partial charge in [-0.15, -0.1) is 0 Å². The van der Waals surface area contributed by atoms with Crippen LogP contribution in [-0.4, -0.2) is 33.2 Å². The monoisotopic (exact) mass is 401 g/mol. The van der Waals surface area contributed by atoms with E-state index in [1.807, 2.05) is 0 Å². The van der Waals surface area contributed by atoms with Gasteiger partial charge < -0.3 is 10.1 Å². The second kappa shape index (κ2) is 7.86. The fourth-order valence-electron chi connectivity index (χ4n) is 1.95. The summed E-state index contributed by atoms with van der Waals surface area (Å²) in [7, 11) is -3.61. The summed E-state index contributed by atoms with van der Waals surface area (Å²) in [5, 5.41) is 2.87. The minimum Gasteiger partial charge on any atom is -0.452 e. The van der Waals surface area contributed by atoms with E-state index < -0.39 is 28.3 Å². The Morgan fingerprint density at radius 3 is 2.44 bits per heavy atom. The SMILES string of the molecule is CS(=O)(=O)c1ccccc1C(=O)OCC(=O)Nc1cccc(Cl)c1Cl. The third-order valence-corrected chi connectivity index (χ3v) is 5.04. The van der Waals surface area contributed by atoms with Gasteiger partial charge in [-0.1, -0.05) is 41.4 Å². The summed E-state index contributed by atoms with van der Waals surface area (Å²) in [6, 6.07) is 10.3. The fourth-order valence-corrected chi connectivity index (χ4v) is 3.18. The molecule has 0 unspecified atom stereocenters. The molecule has 25 heavy (non-hydrogen) atoms. The smallest absolute Gasteiger partial charge is 0.339 e. The molecule has 0 heterocycles. The van der Waals surface area contributed by atoms with Crippen molar-refractivity contribution in [2.24, 2.45) is 0 Å². The molecule has 2 aromatic rings. The van der Waals surface area contributed by atoms with Crippen molar-refractivity contribution in [3.8, 4) is 0 Å². The Morgan fingerprint density at radius 2 is 1.76 bits per heavy atom. The quantitative estimate of drug-likeness (QED) is 0.776. The first-order chi connectivity index (χ1) is 11.7. The van der Waals surface area contributed by atoms with Gasteiger partial charge in [0.2, 0.25) is 0 Å². The number of sulfone groups is 1. The van der Waals surface area contributed by atoms with Gasteiger partial charge in [-0.2, -0.15) is 0 Å². The number of nitrogens with one attached hydrogen (secondary N) is 1. The molecule has 2 rings (SSSR count). The molecule has 6 nitrogen and oxygen atoms in total. The Hall–Kier alpha value is -2.09. The van der Waals surface area contributed by atoms with E-state index in [2.05, 4.69) is 5.32 Å². The summed E-state index contributed by atoms with van der Waals surface area (Å²) in [5.41, 5.74) is 0.130. The van der Waals surface area contributed by atoms with Crippen LogP contribution in [0.25, 0.3) is 0 Å². The lowest BCUT2D eigenvalue weighted by atomic mass is 10.2. The van der Waals surface area contributed by atoms with Crippen LogP contribution in [0.4, 0.5) is 5.69 Å². The normalized spacial score (nSPS) is 11.0. The molecule has 0 aliphatic rings. The highest BCUT2D eigenvalue weighted by Gasteiger charge is 2.20. The predicted molar refractivity (Wildman–Crippen MR) is 94.9 cm³/mol. The lowest BCUT2D eigenvalue weighted by Crippen LogP contribution is -2.22. The average Bonchev–Trinajstić information content (AvgIpc) is 2.56. The largest absolute Gasteiger partial charge is 0.452 e. The van der Waals surface area contributed by atoms with E-state index in [-0.39, 0.29) is 26.2 Å². The van der Waals surface area contributed by atoms with Gasteiger partial charge in [-0.05, 0) is 24.3 Å². The molecule has 1 N–H and O–H groups in total. The third kappa shape index (κ3) is 4.94. The van der Waals surface area contributed by atoms with Crippen LogP contribution >= 0.6 is 23.2 Å². The van der Waals surface area contributed by atoms with Crippen LogP contribution < -0.4 is 5.32 Å². The zero-order valence-electron chi connectivity index (χ0n) is 13.0. The molecule has 0 bridgehead atoms. The van der Waals surface area contributed by atoms with Crippen molar-refractivity contribution >= 4 is 50.6 Å². The van der Waals surface area contributed by atoms with E-state index in [0.717, 1.165) is 6.26 Å². The van der Waals surface area contributed by atoms with Crippen LogP contribution in [-0.2, 0) is 19.4 Å². The van der Waals surface area contributed by atoms with Crippen LogP contribution in [0.3, 0.4) is 0 Å². The number of hydrogen-bond donors (Lipinski definition) is 1. The Balaban J connectivity index is 2.06. The number of halogens is 2. The summed E-state index contributed by atoms with van der Waals surface area (Å²) in [5.74, 6) is -1.57. The molecule has 0 fully saturated rings. The van der Waals surface area contributed by atoms with Gasteiger partial charge in [0, 0.05) is 6.26 Å². The van der Waals surface area contributed by atoms with Gasteiger partial charge in [-0.3, -0.25) is 4.79 Å². The van der Waals surface area contributed by atoms with E-state index in [1.165, 1.54) is 30.3 Å². The number of benzene rings is 2. The van der Waals surface area contributed by atoms with Crippen molar-refractivity contribution in [3.05, 3.63) is 58.1 Å². The lowest BCUT2D eigenvalue weighted by molar-refractivity contribution is -0.119. The first kappa shape index (κ1) is 19.2. The number of amides is 1. The molecular formula is C16H13Cl2NO5S. The van der Waals surface area contributed by atoms with Gasteiger partial charge >= 0.3 is 5.97 Å². The number of esters is 1. The summed E-state index contributed by atoms with van der Waals surface area (Å²) in [4.78, 5) is 23.8. The topological polar surface area (TPSA) is 89.5 Å². The Bertz CT molecular complexity index is 928. The Morgan fingerprint density at radius 1 is 1.08 bits per heavy atom. The van der Waals surface area contributed by atoms with Crippen molar-refractivity contribution in [1.82, 2.24) is 0 Å². The molecule has 0 saturated carbocycles. The Kier molecular flexibility index (Phi) is 6.05. The van der Waals surface area contributed by atoms with Crippen molar-refractivity contribution in [2.75, 3.05) is 18.2 Å². The summed E-state index contributed by atoms with van der Waals surface area (Å²) >= 11 is 11.8. The second-order valence-corrected chi connectivity index (χ2v) is 7.76. The summed E-state index contributed by atoms with van der Waals surface area (Å²) < 4.78 is 28.3. The first-order valence-corrected chi connectivity index (χ1v) is 9.55. The number of ether oxygens (including phenoxy) is 1. The van der Waals surface area contributed by atoms with Gasteiger partial charge in [-0.25, -0.2) is 13.2 Å². The van der Waals surface area contributed by atoms with Crippen LogP contribution in [0.2, 0.25) is 10.0 Å². The number of hydrogen-bond acceptors (Lipinski definition) is 5. The number of rotatable bonds is 5. The van der Waals surface area contributed by atoms with E-state index in [9.17, 15) is 18.0 Å². The maximum absolute atomic E-state index is 12.1. The molecule has 0 radical (unpaired) electrons. The summed E-state index contributed by atoms with van der Waals surface area (Å²) in [6.07, 6.45) is 0.979. The molecule has 132 valence electrons. The number of carbonyl (C=O) groups is 2. The molecule has 9 heteroatoms. The highest BCUT2D eigenvalue weighted by atomic mass is 35.5. The van der Waals surface area contributed by atoms with Gasteiger partial charge in [0.15, 0.2) is 16.4 Å². The standard InChI is InChI=1S/C16H13Cl2NO5S/c1-25(22,23)13-8-3-2-5-10(13)16(21)24-9-14(20)19-12-7-4-6-11(17)15(12)18/h2-8H,9H2,1H3,(H,19,20). The first-order valence-electron chi connectivity index (χ1n) is 6.90. The van der Waals surface area contributed by atoms with Crippen LogP contribution in [0.5, 0.6) is 0 Å². The lowest BCUT2D eigenvalue weighted by Gasteiger charge is -2.10. The molecule has 2 aromatic carbocycles. The highest BCUT2D eigenvalue weighted by Crippen LogP contribution is 2.29. The molecule has 1 amide bonds. The Labute approximate surface area is 154 Å². The van der Waals surface area contributed by atoms with Crippen molar-refractivity contribution < 1.29 is 22.7 Å². The fraction of sp³-hybridized carbons (Fsp3) is 0.125. The molecule has 0 aliphatic carbocycles. The zero-order valence-corrected chi connectivity index (χ0v) is 15.3. The maximum atomic E-state index is 12.1. The minimum absolute atomic E-state index is 0.140. The molecule has 0 saturated heterocycles. The number of carbonyl (C=O) groups excluding carboxylic acids is 2. The second-order valence-electron chi connectivity index (χ2n) is 4.99. The zero-order chi connectivity index (χ0) is 18.6. The number of anilines is 1. The van der Waals surface area contributed by atoms with E-state index in [0.29, 0.717) is 0 Å². The average molecular weight is 402 g/mol. The van der Waals surface area contributed by atoms with Gasteiger partial charge in [0.25, 0.3) is 5.91 Å². The van der Waals surface area contributed by atoms with Crippen molar-refractivity contribution in [1.29, 1.82) is 0 Å². The van der Waals surface area contributed by atoms with Crippen LogP contribution in [0, 0.1) is 0 Å². The van der Waals surface area contributed by atoms with Crippen LogP contribution in [0.1, 0.15) is 10.4 Å². The molecular weight excluding hydrogens is 389 g/mol. The maximum Gasteiger partial charge on any atom is 0.339 e.